The quantitative estimate of drug-likeness (QED) is 0.605. The summed E-state index contributed by atoms with van der Waals surface area (Å²) in [6, 6.07) is 0. The SMILES string of the molecule is O=S1(=O)OC(=C(C(F)(F)F)C(F)(F)F)OS(=O)(=O)O1. The van der Waals surface area contributed by atoms with Crippen LogP contribution in [0.2, 0.25) is 0 Å². The molecular formula is C4F6O7S2. The zero-order valence-corrected chi connectivity index (χ0v) is 9.58. The molecule has 15 heteroatoms. The first kappa shape index (κ1) is 15.8. The molecule has 0 atom stereocenters. The lowest BCUT2D eigenvalue weighted by Gasteiger charge is -2.21. The molecule has 0 unspecified atom stereocenters. The number of allylic oxidation sites excluding steroid dienone is 1. The summed E-state index contributed by atoms with van der Waals surface area (Å²) in [7, 11) is -11.4. The molecule has 19 heavy (non-hydrogen) atoms. The zero-order valence-electron chi connectivity index (χ0n) is 7.94. The smallest absolute Gasteiger partial charge is 0.322 e. The van der Waals surface area contributed by atoms with Crippen molar-refractivity contribution in [2.45, 2.75) is 12.4 Å². The summed E-state index contributed by atoms with van der Waals surface area (Å²) in [6.45, 7) is 0. The molecule has 1 saturated heterocycles. The van der Waals surface area contributed by atoms with E-state index >= 15 is 0 Å². The summed E-state index contributed by atoms with van der Waals surface area (Å²) >= 11 is 0. The van der Waals surface area contributed by atoms with Gasteiger partial charge >= 0.3 is 39.1 Å². The van der Waals surface area contributed by atoms with Crippen LogP contribution < -0.4 is 0 Å². The highest BCUT2D eigenvalue weighted by Gasteiger charge is 2.58. The van der Waals surface area contributed by atoms with Crippen LogP contribution >= 0.6 is 0 Å². The number of halogens is 6. The molecule has 0 aromatic heterocycles. The Balaban J connectivity index is 3.56. The van der Waals surface area contributed by atoms with Crippen LogP contribution in [0, 0.1) is 0 Å². The summed E-state index contributed by atoms with van der Waals surface area (Å²) in [5, 5.41) is 0. The molecule has 7 nitrogen and oxygen atoms in total. The second-order valence-corrected chi connectivity index (χ2v) is 5.22. The zero-order chi connectivity index (χ0) is 15.3. The third kappa shape index (κ3) is 3.87. The summed E-state index contributed by atoms with van der Waals surface area (Å²) in [6.07, 6.45) is -12.4. The molecule has 1 fully saturated rings. The first-order valence-electron chi connectivity index (χ1n) is 3.63. The van der Waals surface area contributed by atoms with Crippen LogP contribution in [0.3, 0.4) is 0 Å². The standard InChI is InChI=1S/C4F6O7S2/c5-3(6,7)1(4(8,9)10)2-15-18(11,12)17-19(13,14)16-2. The summed E-state index contributed by atoms with van der Waals surface area (Å²) < 4.78 is 124. The molecule has 0 N–H and O–H groups in total. The lowest BCUT2D eigenvalue weighted by atomic mass is 10.2. The maximum atomic E-state index is 12.1. The molecule has 0 radical (unpaired) electrons. The van der Waals surface area contributed by atoms with Crippen LogP contribution in [-0.2, 0) is 32.8 Å². The molecule has 0 aromatic rings. The first-order chi connectivity index (χ1) is 8.14. The van der Waals surface area contributed by atoms with E-state index in [1.165, 1.54) is 0 Å². The monoisotopic (exact) mass is 338 g/mol. The molecule has 0 amide bonds. The Kier molecular flexibility index (Phi) is 3.45. The molecule has 1 aliphatic rings. The van der Waals surface area contributed by atoms with Crippen LogP contribution in [0.25, 0.3) is 0 Å². The van der Waals surface area contributed by atoms with Crippen LogP contribution in [0.4, 0.5) is 26.3 Å². The van der Waals surface area contributed by atoms with Gasteiger partial charge in [0.15, 0.2) is 0 Å². The molecule has 1 heterocycles. The van der Waals surface area contributed by atoms with E-state index < -0.39 is 44.7 Å². The highest BCUT2D eigenvalue weighted by atomic mass is 32.3. The minimum Gasteiger partial charge on any atom is -0.322 e. The van der Waals surface area contributed by atoms with Crippen molar-refractivity contribution < 1.29 is 55.2 Å². The molecule has 0 saturated carbocycles. The van der Waals surface area contributed by atoms with E-state index in [9.17, 15) is 43.2 Å². The molecule has 1 rings (SSSR count). The van der Waals surface area contributed by atoms with Gasteiger partial charge in [-0.15, -0.1) is 0 Å². The van der Waals surface area contributed by atoms with Gasteiger partial charge in [0.25, 0.3) is 0 Å². The van der Waals surface area contributed by atoms with Gasteiger partial charge in [-0.05, 0) is 0 Å². The van der Waals surface area contributed by atoms with E-state index in [4.69, 9.17) is 0 Å². The summed E-state index contributed by atoms with van der Waals surface area (Å²) in [5.41, 5.74) is -3.59. The van der Waals surface area contributed by atoms with E-state index in [0.29, 0.717) is 0 Å². The average molecular weight is 338 g/mol. The number of rotatable bonds is 0. The van der Waals surface area contributed by atoms with Crippen molar-refractivity contribution in [2.75, 3.05) is 0 Å². The lowest BCUT2D eigenvalue weighted by molar-refractivity contribution is -0.178. The predicted octanol–water partition coefficient (Wildman–Crippen LogP) is 0.876. The fourth-order valence-electron chi connectivity index (χ4n) is 0.805. The second kappa shape index (κ2) is 4.14. The minimum atomic E-state index is -6.18. The van der Waals surface area contributed by atoms with Crippen LogP contribution in [0.5, 0.6) is 0 Å². The van der Waals surface area contributed by atoms with E-state index in [0.717, 1.165) is 0 Å². The third-order valence-corrected chi connectivity index (χ3v) is 3.34. The Hall–Kier alpha value is -1.22. The fraction of sp³-hybridized carbons (Fsp3) is 0.500. The number of hydrogen-bond acceptors (Lipinski definition) is 7. The van der Waals surface area contributed by atoms with Crippen molar-refractivity contribution in [3.8, 4) is 0 Å². The van der Waals surface area contributed by atoms with Crippen molar-refractivity contribution in [1.29, 1.82) is 0 Å². The Morgan fingerprint density at radius 2 is 1.11 bits per heavy atom. The second-order valence-electron chi connectivity index (χ2n) is 2.71. The third-order valence-electron chi connectivity index (χ3n) is 1.29. The first-order valence-corrected chi connectivity index (χ1v) is 6.29. The van der Waals surface area contributed by atoms with Crippen molar-refractivity contribution in [3.63, 3.8) is 0 Å². The maximum absolute atomic E-state index is 12.1. The highest BCUT2D eigenvalue weighted by molar-refractivity contribution is 7.95. The normalized spacial score (nSPS) is 22.3. The number of alkyl halides is 6. The van der Waals surface area contributed by atoms with Crippen LogP contribution in [-0.4, -0.2) is 29.2 Å². The van der Waals surface area contributed by atoms with Crippen LogP contribution in [0.15, 0.2) is 11.5 Å². The Morgan fingerprint density at radius 1 is 0.789 bits per heavy atom. The number of hydrogen-bond donors (Lipinski definition) is 0. The van der Waals surface area contributed by atoms with Gasteiger partial charge in [-0.3, -0.25) is 0 Å². The van der Waals surface area contributed by atoms with Crippen LogP contribution in [0.1, 0.15) is 0 Å². The van der Waals surface area contributed by atoms with E-state index in [-0.39, 0.29) is 0 Å². The Bertz CT molecular complexity index is 555. The molecule has 112 valence electrons. The van der Waals surface area contributed by atoms with Gasteiger partial charge in [0, 0.05) is 0 Å². The van der Waals surface area contributed by atoms with Gasteiger partial charge in [-0.2, -0.15) is 43.2 Å². The van der Waals surface area contributed by atoms with Gasteiger partial charge in [-0.1, -0.05) is 3.63 Å². The van der Waals surface area contributed by atoms with Gasteiger partial charge in [-0.25, -0.2) is 0 Å². The highest BCUT2D eigenvalue weighted by Crippen LogP contribution is 2.43. The van der Waals surface area contributed by atoms with E-state index in [1.807, 2.05) is 0 Å². The fourth-order valence-corrected chi connectivity index (χ4v) is 2.49. The van der Waals surface area contributed by atoms with Crippen molar-refractivity contribution in [1.82, 2.24) is 0 Å². The molecule has 0 bridgehead atoms. The Labute approximate surface area is 101 Å². The largest absolute Gasteiger partial charge is 0.469 e. The van der Waals surface area contributed by atoms with Crippen molar-refractivity contribution in [3.05, 3.63) is 11.5 Å². The van der Waals surface area contributed by atoms with E-state index in [1.54, 1.807) is 0 Å². The van der Waals surface area contributed by atoms with Crippen molar-refractivity contribution >= 4 is 20.8 Å². The molecular weight excluding hydrogens is 338 g/mol. The maximum Gasteiger partial charge on any atom is 0.469 e. The summed E-state index contributed by atoms with van der Waals surface area (Å²) in [4.78, 5) is 0. The van der Waals surface area contributed by atoms with Gasteiger partial charge in [0.1, 0.15) is 0 Å². The molecule has 0 spiro atoms. The minimum absolute atomic E-state index is 2.81. The van der Waals surface area contributed by atoms with Gasteiger partial charge in [0.05, 0.1) is 0 Å². The van der Waals surface area contributed by atoms with Crippen molar-refractivity contribution in [2.24, 2.45) is 0 Å². The predicted molar refractivity (Wildman–Crippen MR) is 40.2 cm³/mol. The van der Waals surface area contributed by atoms with E-state index in [2.05, 4.69) is 12.0 Å². The summed E-state index contributed by atoms with van der Waals surface area (Å²) in [5.74, 6) is -2.81. The topological polar surface area (TPSA) is 96.0 Å². The molecule has 0 aromatic carbocycles. The lowest BCUT2D eigenvalue weighted by Crippen LogP contribution is -2.34. The van der Waals surface area contributed by atoms with Gasteiger partial charge < -0.3 is 8.37 Å². The average Bonchev–Trinajstić information content (AvgIpc) is 1.88. The molecule has 0 aliphatic carbocycles. The van der Waals surface area contributed by atoms with Gasteiger partial charge in [0.2, 0.25) is 5.57 Å². The Morgan fingerprint density at radius 3 is 1.37 bits per heavy atom. The molecule has 1 aliphatic heterocycles.